The van der Waals surface area contributed by atoms with Gasteiger partial charge in [-0.25, -0.2) is 0 Å². The third-order valence-corrected chi connectivity index (χ3v) is 3.16. The molecule has 1 N–H and O–H groups in total. The molecule has 0 saturated carbocycles. The number of halogens is 1. The van der Waals surface area contributed by atoms with Crippen LogP contribution >= 0.6 is 15.9 Å². The summed E-state index contributed by atoms with van der Waals surface area (Å²) in [5.74, 6) is 0. The Labute approximate surface area is 123 Å². The number of benzene rings is 1. The van der Waals surface area contributed by atoms with E-state index in [4.69, 9.17) is 9.47 Å². The molecule has 0 fully saturated rings. The van der Waals surface area contributed by atoms with Crippen molar-refractivity contribution in [3.8, 4) is 0 Å². The standard InChI is InChI=1S/C14H22BrNO3/c1-16(9-12-3-5-13(15)6-4-12)10-14(17)11-19-8-7-18-2/h3-6,14,17H,7-11H2,1-2H3. The number of nitrogens with zero attached hydrogens (tertiary/aromatic N) is 1. The SMILES string of the molecule is COCCOCC(O)CN(C)Cc1ccc(Br)cc1. The Balaban J connectivity index is 2.22. The molecule has 1 rings (SSSR count). The van der Waals surface area contributed by atoms with Gasteiger partial charge >= 0.3 is 0 Å². The fourth-order valence-electron chi connectivity index (χ4n) is 1.74. The van der Waals surface area contributed by atoms with Crippen LogP contribution in [0, 0.1) is 0 Å². The van der Waals surface area contributed by atoms with Crippen molar-refractivity contribution in [2.24, 2.45) is 0 Å². The first-order chi connectivity index (χ1) is 9.11. The molecule has 0 aromatic heterocycles. The molecule has 1 aromatic rings. The van der Waals surface area contributed by atoms with E-state index in [1.165, 1.54) is 5.56 Å². The van der Waals surface area contributed by atoms with E-state index in [-0.39, 0.29) is 0 Å². The summed E-state index contributed by atoms with van der Waals surface area (Å²) in [6.45, 7) is 2.81. The Morgan fingerprint density at radius 1 is 1.26 bits per heavy atom. The van der Waals surface area contributed by atoms with E-state index in [1.807, 2.05) is 19.2 Å². The number of ether oxygens (including phenoxy) is 2. The first kappa shape index (κ1) is 16.6. The third kappa shape index (κ3) is 7.64. The van der Waals surface area contributed by atoms with E-state index >= 15 is 0 Å². The molecular weight excluding hydrogens is 310 g/mol. The van der Waals surface area contributed by atoms with Gasteiger partial charge in [-0.1, -0.05) is 28.1 Å². The molecule has 1 unspecified atom stereocenters. The van der Waals surface area contributed by atoms with Crippen molar-refractivity contribution in [3.05, 3.63) is 34.3 Å². The quantitative estimate of drug-likeness (QED) is 0.702. The molecule has 0 heterocycles. The van der Waals surface area contributed by atoms with Gasteiger partial charge in [-0.2, -0.15) is 0 Å². The summed E-state index contributed by atoms with van der Waals surface area (Å²) < 4.78 is 11.2. The summed E-state index contributed by atoms with van der Waals surface area (Å²) >= 11 is 3.41. The van der Waals surface area contributed by atoms with Crippen molar-refractivity contribution in [2.45, 2.75) is 12.6 Å². The number of aliphatic hydroxyl groups is 1. The zero-order valence-electron chi connectivity index (χ0n) is 11.5. The highest BCUT2D eigenvalue weighted by Gasteiger charge is 2.08. The largest absolute Gasteiger partial charge is 0.389 e. The molecular formula is C14H22BrNO3. The minimum Gasteiger partial charge on any atom is -0.389 e. The zero-order chi connectivity index (χ0) is 14.1. The maximum Gasteiger partial charge on any atom is 0.0900 e. The molecule has 108 valence electrons. The smallest absolute Gasteiger partial charge is 0.0900 e. The average molecular weight is 332 g/mol. The van der Waals surface area contributed by atoms with Gasteiger partial charge in [-0.3, -0.25) is 4.90 Å². The van der Waals surface area contributed by atoms with Crippen LogP contribution in [0.15, 0.2) is 28.7 Å². The van der Waals surface area contributed by atoms with Gasteiger partial charge in [0.2, 0.25) is 0 Å². The van der Waals surface area contributed by atoms with Crippen molar-refractivity contribution in [1.82, 2.24) is 4.90 Å². The topological polar surface area (TPSA) is 41.9 Å². The lowest BCUT2D eigenvalue weighted by atomic mass is 10.2. The predicted octanol–water partition coefficient (Wildman–Crippen LogP) is 1.90. The van der Waals surface area contributed by atoms with Crippen LogP contribution in [-0.2, 0) is 16.0 Å². The molecule has 0 aliphatic carbocycles. The summed E-state index contributed by atoms with van der Waals surface area (Å²) in [4.78, 5) is 2.08. The van der Waals surface area contributed by atoms with Crippen molar-refractivity contribution in [3.63, 3.8) is 0 Å². The lowest BCUT2D eigenvalue weighted by Crippen LogP contribution is -2.32. The van der Waals surface area contributed by atoms with Gasteiger partial charge in [0.05, 0.1) is 25.9 Å². The summed E-state index contributed by atoms with van der Waals surface area (Å²) in [5, 5.41) is 9.83. The minimum atomic E-state index is -0.475. The Morgan fingerprint density at radius 2 is 1.95 bits per heavy atom. The highest BCUT2D eigenvalue weighted by Crippen LogP contribution is 2.11. The molecule has 0 amide bonds. The molecule has 1 atom stereocenters. The van der Waals surface area contributed by atoms with Crippen LogP contribution in [0.5, 0.6) is 0 Å². The molecule has 5 heteroatoms. The molecule has 0 radical (unpaired) electrons. The van der Waals surface area contributed by atoms with Crippen molar-refractivity contribution in [1.29, 1.82) is 0 Å². The molecule has 0 bridgehead atoms. The van der Waals surface area contributed by atoms with Crippen LogP contribution in [0.4, 0.5) is 0 Å². The van der Waals surface area contributed by atoms with Crippen molar-refractivity contribution >= 4 is 15.9 Å². The maximum atomic E-state index is 9.83. The Kier molecular flexibility index (Phi) is 8.25. The molecule has 4 nitrogen and oxygen atoms in total. The number of methoxy groups -OCH3 is 1. The highest BCUT2D eigenvalue weighted by atomic mass is 79.9. The summed E-state index contributed by atoms with van der Waals surface area (Å²) in [5.41, 5.74) is 1.22. The highest BCUT2D eigenvalue weighted by molar-refractivity contribution is 9.10. The third-order valence-electron chi connectivity index (χ3n) is 2.63. The Morgan fingerprint density at radius 3 is 2.58 bits per heavy atom. The fraction of sp³-hybridized carbons (Fsp3) is 0.571. The van der Waals surface area contributed by atoms with Crippen LogP contribution in [0.1, 0.15) is 5.56 Å². The van der Waals surface area contributed by atoms with Crippen LogP contribution in [-0.4, -0.2) is 56.6 Å². The maximum absolute atomic E-state index is 9.83. The average Bonchev–Trinajstić information content (AvgIpc) is 2.37. The van der Waals surface area contributed by atoms with E-state index in [0.717, 1.165) is 11.0 Å². The lowest BCUT2D eigenvalue weighted by molar-refractivity contribution is 0.00161. The van der Waals surface area contributed by atoms with Crippen LogP contribution in [0.2, 0.25) is 0 Å². The Bertz CT molecular complexity index is 345. The van der Waals surface area contributed by atoms with Gasteiger partial charge in [0.15, 0.2) is 0 Å². The number of likely N-dealkylation sites (N-methyl/N-ethyl adjacent to an activating group) is 1. The fourth-order valence-corrected chi connectivity index (χ4v) is 2.00. The van der Waals surface area contributed by atoms with Gasteiger partial charge in [0.1, 0.15) is 0 Å². The van der Waals surface area contributed by atoms with Gasteiger partial charge < -0.3 is 14.6 Å². The molecule has 0 aliphatic heterocycles. The monoisotopic (exact) mass is 331 g/mol. The predicted molar refractivity (Wildman–Crippen MR) is 79.2 cm³/mol. The van der Waals surface area contributed by atoms with Gasteiger partial charge in [-0.15, -0.1) is 0 Å². The molecule has 0 spiro atoms. The Hall–Kier alpha value is -0.460. The number of hydrogen-bond acceptors (Lipinski definition) is 4. The lowest BCUT2D eigenvalue weighted by Gasteiger charge is -2.20. The van der Waals surface area contributed by atoms with Crippen LogP contribution in [0.3, 0.4) is 0 Å². The van der Waals surface area contributed by atoms with Gasteiger partial charge in [0.25, 0.3) is 0 Å². The van der Waals surface area contributed by atoms with Gasteiger partial charge in [-0.05, 0) is 24.7 Å². The molecule has 0 saturated heterocycles. The number of hydrogen-bond donors (Lipinski definition) is 1. The van der Waals surface area contributed by atoms with E-state index < -0.39 is 6.10 Å². The minimum absolute atomic E-state index is 0.341. The summed E-state index contributed by atoms with van der Waals surface area (Å²) in [6, 6.07) is 8.19. The van der Waals surface area contributed by atoms with E-state index in [9.17, 15) is 5.11 Å². The van der Waals surface area contributed by atoms with E-state index in [1.54, 1.807) is 7.11 Å². The van der Waals surface area contributed by atoms with E-state index in [2.05, 4.69) is 33.0 Å². The first-order valence-electron chi connectivity index (χ1n) is 6.29. The summed E-state index contributed by atoms with van der Waals surface area (Å²) in [6.07, 6.45) is -0.475. The molecule has 19 heavy (non-hydrogen) atoms. The van der Waals surface area contributed by atoms with Crippen molar-refractivity contribution in [2.75, 3.05) is 40.5 Å². The molecule has 1 aromatic carbocycles. The van der Waals surface area contributed by atoms with E-state index in [0.29, 0.717) is 26.4 Å². The number of aliphatic hydroxyl groups excluding tert-OH is 1. The second kappa shape index (κ2) is 9.44. The zero-order valence-corrected chi connectivity index (χ0v) is 13.1. The van der Waals surface area contributed by atoms with Crippen molar-refractivity contribution < 1.29 is 14.6 Å². The summed E-state index contributed by atoms with van der Waals surface area (Å²) in [7, 11) is 3.62. The van der Waals surface area contributed by atoms with Crippen LogP contribution in [0.25, 0.3) is 0 Å². The second-order valence-electron chi connectivity index (χ2n) is 4.54. The second-order valence-corrected chi connectivity index (χ2v) is 5.46. The number of rotatable bonds is 9. The van der Waals surface area contributed by atoms with Crippen LogP contribution < -0.4 is 0 Å². The normalized spacial score (nSPS) is 12.9. The van der Waals surface area contributed by atoms with Gasteiger partial charge in [0, 0.05) is 24.7 Å². The first-order valence-corrected chi connectivity index (χ1v) is 7.09. The molecule has 0 aliphatic rings.